The summed E-state index contributed by atoms with van der Waals surface area (Å²) in [4.78, 5) is 50.3. The Labute approximate surface area is 109 Å². The standard InChI is InChI=1S/C10H16N4O5/c1-10(2)8(17)14(9(18)12-10)4-3-7(16)13-19-5-6(11)15/h3-5H2,1-2H3,(H2,11,15)(H,12,18)(H,13,16). The van der Waals surface area contributed by atoms with Crippen molar-refractivity contribution in [3.8, 4) is 0 Å². The van der Waals surface area contributed by atoms with E-state index in [-0.39, 0.29) is 13.0 Å². The van der Waals surface area contributed by atoms with Gasteiger partial charge >= 0.3 is 6.03 Å². The summed E-state index contributed by atoms with van der Waals surface area (Å²) in [5.41, 5.74) is 5.81. The van der Waals surface area contributed by atoms with Crippen LogP contribution < -0.4 is 16.5 Å². The first-order valence-corrected chi connectivity index (χ1v) is 5.57. The number of urea groups is 1. The Hall–Kier alpha value is -2.16. The molecule has 5 amide bonds. The summed E-state index contributed by atoms with van der Waals surface area (Å²) >= 11 is 0. The van der Waals surface area contributed by atoms with Gasteiger partial charge in [-0.05, 0) is 13.8 Å². The molecule has 0 unspecified atom stereocenters. The number of nitrogens with zero attached hydrogens (tertiary/aromatic N) is 1. The summed E-state index contributed by atoms with van der Waals surface area (Å²) in [5.74, 6) is -1.69. The molecular weight excluding hydrogens is 256 g/mol. The molecule has 106 valence electrons. The predicted molar refractivity (Wildman–Crippen MR) is 62.2 cm³/mol. The molecule has 1 saturated heterocycles. The molecule has 19 heavy (non-hydrogen) atoms. The number of nitrogens with one attached hydrogen (secondary N) is 2. The molecule has 0 aromatic heterocycles. The van der Waals surface area contributed by atoms with Gasteiger partial charge in [-0.25, -0.2) is 10.3 Å². The molecular formula is C10H16N4O5. The fourth-order valence-electron chi connectivity index (χ4n) is 1.47. The lowest BCUT2D eigenvalue weighted by Gasteiger charge is -2.15. The van der Waals surface area contributed by atoms with E-state index in [1.165, 1.54) is 0 Å². The number of hydroxylamine groups is 1. The van der Waals surface area contributed by atoms with Crippen LogP contribution in [0.3, 0.4) is 0 Å². The van der Waals surface area contributed by atoms with E-state index < -0.39 is 35.9 Å². The van der Waals surface area contributed by atoms with E-state index in [4.69, 9.17) is 5.73 Å². The summed E-state index contributed by atoms with van der Waals surface area (Å²) in [6.07, 6.45) is -0.131. The predicted octanol–water partition coefficient (Wildman–Crippen LogP) is -1.76. The fraction of sp³-hybridized carbons (Fsp3) is 0.600. The van der Waals surface area contributed by atoms with E-state index in [1.54, 1.807) is 13.8 Å². The normalized spacial score (nSPS) is 17.3. The Morgan fingerprint density at radius 3 is 2.53 bits per heavy atom. The maximum Gasteiger partial charge on any atom is 0.325 e. The molecule has 1 heterocycles. The molecule has 0 saturated carbocycles. The van der Waals surface area contributed by atoms with Crippen LogP contribution in [0.25, 0.3) is 0 Å². The summed E-state index contributed by atoms with van der Waals surface area (Å²) in [7, 11) is 0. The van der Waals surface area contributed by atoms with Crippen LogP contribution in [0, 0.1) is 0 Å². The van der Waals surface area contributed by atoms with Crippen LogP contribution >= 0.6 is 0 Å². The van der Waals surface area contributed by atoms with E-state index in [1.807, 2.05) is 5.48 Å². The monoisotopic (exact) mass is 272 g/mol. The van der Waals surface area contributed by atoms with Crippen molar-refractivity contribution in [2.24, 2.45) is 5.73 Å². The van der Waals surface area contributed by atoms with Crippen LogP contribution in [-0.4, -0.2) is 47.3 Å². The summed E-state index contributed by atoms with van der Waals surface area (Å²) in [6, 6.07) is -0.541. The van der Waals surface area contributed by atoms with Crippen LogP contribution in [0.4, 0.5) is 4.79 Å². The summed E-state index contributed by atoms with van der Waals surface area (Å²) in [5, 5.41) is 2.49. The van der Waals surface area contributed by atoms with E-state index in [2.05, 4.69) is 10.2 Å². The highest BCUT2D eigenvalue weighted by molar-refractivity contribution is 6.06. The largest absolute Gasteiger partial charge is 0.368 e. The third kappa shape index (κ3) is 3.91. The van der Waals surface area contributed by atoms with Crippen LogP contribution in [0.1, 0.15) is 20.3 Å². The van der Waals surface area contributed by atoms with E-state index in [0.29, 0.717) is 0 Å². The molecule has 1 aliphatic rings. The Morgan fingerprint density at radius 1 is 1.42 bits per heavy atom. The Balaban J connectivity index is 2.37. The number of imide groups is 1. The number of primary amides is 1. The van der Waals surface area contributed by atoms with Gasteiger partial charge in [0.05, 0.1) is 0 Å². The second-order valence-electron chi connectivity index (χ2n) is 4.54. The Bertz CT molecular complexity index is 420. The van der Waals surface area contributed by atoms with Gasteiger partial charge in [0.15, 0.2) is 6.61 Å². The Kier molecular flexibility index (Phi) is 4.43. The molecule has 0 aromatic carbocycles. The van der Waals surface area contributed by atoms with Gasteiger partial charge in [0.1, 0.15) is 5.54 Å². The molecule has 9 heteroatoms. The average molecular weight is 272 g/mol. The van der Waals surface area contributed by atoms with Gasteiger partial charge < -0.3 is 11.1 Å². The zero-order valence-electron chi connectivity index (χ0n) is 10.7. The maximum atomic E-state index is 11.8. The molecule has 0 radical (unpaired) electrons. The third-order valence-corrected chi connectivity index (χ3v) is 2.41. The maximum absolute atomic E-state index is 11.8. The summed E-state index contributed by atoms with van der Waals surface area (Å²) in [6.45, 7) is 2.63. The first kappa shape index (κ1) is 14.9. The van der Waals surface area contributed by atoms with Crippen LogP contribution in [0.2, 0.25) is 0 Å². The first-order valence-electron chi connectivity index (χ1n) is 5.57. The van der Waals surface area contributed by atoms with Gasteiger partial charge in [-0.3, -0.25) is 24.1 Å². The number of carbonyl (C=O) groups excluding carboxylic acids is 4. The molecule has 0 spiro atoms. The molecule has 1 rings (SSSR count). The highest BCUT2D eigenvalue weighted by Crippen LogP contribution is 2.16. The van der Waals surface area contributed by atoms with Crippen LogP contribution in [0.5, 0.6) is 0 Å². The molecule has 0 atom stereocenters. The quantitative estimate of drug-likeness (QED) is 0.389. The minimum absolute atomic E-state index is 0.0696. The summed E-state index contributed by atoms with van der Waals surface area (Å²) < 4.78 is 0. The minimum atomic E-state index is -0.962. The van der Waals surface area contributed by atoms with Gasteiger partial charge in [-0.2, -0.15) is 0 Å². The van der Waals surface area contributed by atoms with Gasteiger partial charge in [0.25, 0.3) is 5.91 Å². The fourth-order valence-corrected chi connectivity index (χ4v) is 1.47. The van der Waals surface area contributed by atoms with Crippen LogP contribution in [0.15, 0.2) is 0 Å². The molecule has 0 aliphatic carbocycles. The molecule has 0 bridgehead atoms. The zero-order chi connectivity index (χ0) is 14.6. The average Bonchev–Trinajstić information content (AvgIpc) is 2.46. The third-order valence-electron chi connectivity index (χ3n) is 2.41. The van der Waals surface area contributed by atoms with Crippen molar-refractivity contribution in [3.05, 3.63) is 0 Å². The van der Waals surface area contributed by atoms with Gasteiger partial charge in [0.2, 0.25) is 11.8 Å². The van der Waals surface area contributed by atoms with Gasteiger partial charge in [0, 0.05) is 13.0 Å². The number of nitrogens with two attached hydrogens (primary N) is 1. The van der Waals surface area contributed by atoms with E-state index in [0.717, 1.165) is 4.90 Å². The lowest BCUT2D eigenvalue weighted by Crippen LogP contribution is -2.40. The molecule has 1 fully saturated rings. The van der Waals surface area contributed by atoms with Crippen molar-refractivity contribution in [1.29, 1.82) is 0 Å². The van der Waals surface area contributed by atoms with Crippen molar-refractivity contribution >= 4 is 23.8 Å². The number of hydrogen-bond acceptors (Lipinski definition) is 5. The molecule has 0 aromatic rings. The minimum Gasteiger partial charge on any atom is -0.368 e. The Morgan fingerprint density at radius 2 is 2.05 bits per heavy atom. The van der Waals surface area contributed by atoms with Crippen molar-refractivity contribution in [1.82, 2.24) is 15.7 Å². The lowest BCUT2D eigenvalue weighted by atomic mass is 10.1. The van der Waals surface area contributed by atoms with E-state index in [9.17, 15) is 19.2 Å². The topological polar surface area (TPSA) is 131 Å². The second-order valence-corrected chi connectivity index (χ2v) is 4.54. The molecule has 9 nitrogen and oxygen atoms in total. The first-order chi connectivity index (χ1) is 8.74. The highest BCUT2D eigenvalue weighted by atomic mass is 16.7. The number of amides is 5. The lowest BCUT2D eigenvalue weighted by molar-refractivity contribution is -0.138. The zero-order valence-corrected chi connectivity index (χ0v) is 10.7. The van der Waals surface area contributed by atoms with Crippen molar-refractivity contribution in [2.45, 2.75) is 25.8 Å². The van der Waals surface area contributed by atoms with Crippen molar-refractivity contribution < 1.29 is 24.0 Å². The number of rotatable bonds is 6. The van der Waals surface area contributed by atoms with Crippen molar-refractivity contribution in [3.63, 3.8) is 0 Å². The SMILES string of the molecule is CC1(C)NC(=O)N(CCC(=O)NOCC(N)=O)C1=O. The van der Waals surface area contributed by atoms with E-state index >= 15 is 0 Å². The number of hydrogen-bond donors (Lipinski definition) is 3. The molecule has 4 N–H and O–H groups in total. The second kappa shape index (κ2) is 5.65. The van der Waals surface area contributed by atoms with Crippen LogP contribution in [-0.2, 0) is 19.2 Å². The number of carbonyl (C=O) groups is 4. The highest BCUT2D eigenvalue weighted by Gasteiger charge is 2.43. The van der Waals surface area contributed by atoms with Gasteiger partial charge in [-0.1, -0.05) is 0 Å². The smallest absolute Gasteiger partial charge is 0.325 e. The van der Waals surface area contributed by atoms with Gasteiger partial charge in [-0.15, -0.1) is 0 Å². The van der Waals surface area contributed by atoms with Crippen molar-refractivity contribution in [2.75, 3.05) is 13.2 Å². The molecule has 1 aliphatic heterocycles.